The maximum atomic E-state index is 11.8. The molecule has 19 heavy (non-hydrogen) atoms. The fraction of sp³-hybridized carbons (Fsp3) is 0.692. The molecule has 0 saturated heterocycles. The van der Waals surface area contributed by atoms with Gasteiger partial charge in [0.05, 0.1) is 25.6 Å². The Morgan fingerprint density at radius 3 is 2.84 bits per heavy atom. The molecule has 0 aliphatic heterocycles. The zero-order chi connectivity index (χ0) is 14.3. The number of rotatable bonds is 8. The molecule has 0 bridgehead atoms. The van der Waals surface area contributed by atoms with Gasteiger partial charge in [-0.1, -0.05) is 0 Å². The van der Waals surface area contributed by atoms with E-state index in [1.165, 1.54) is 0 Å². The van der Waals surface area contributed by atoms with Crippen LogP contribution in [-0.4, -0.2) is 35.5 Å². The highest BCUT2D eigenvalue weighted by atomic mass is 16.5. The Bertz CT molecular complexity index is 402. The Labute approximate surface area is 113 Å². The molecule has 6 nitrogen and oxygen atoms in total. The summed E-state index contributed by atoms with van der Waals surface area (Å²) in [5.41, 5.74) is 4.57. The number of unbranched alkanes of at least 4 members (excludes halogenated alkanes) is 1. The molecule has 0 aromatic carbocycles. The third kappa shape index (κ3) is 4.24. The largest absolute Gasteiger partial charge is 0.490 e. The number of nitrogens with zero attached hydrogens (tertiary/aromatic N) is 2. The number of esters is 1. The third-order valence-electron chi connectivity index (χ3n) is 2.77. The molecule has 0 unspecified atom stereocenters. The molecule has 0 spiro atoms. The molecule has 1 aromatic heterocycles. The Hall–Kier alpha value is -1.56. The summed E-state index contributed by atoms with van der Waals surface area (Å²) >= 11 is 0. The van der Waals surface area contributed by atoms with Crippen molar-refractivity contribution in [1.82, 2.24) is 9.78 Å². The van der Waals surface area contributed by atoms with Crippen LogP contribution >= 0.6 is 0 Å². The summed E-state index contributed by atoms with van der Waals surface area (Å²) in [4.78, 5) is 11.8. The van der Waals surface area contributed by atoms with Gasteiger partial charge in [0.1, 0.15) is 0 Å². The lowest BCUT2D eigenvalue weighted by Gasteiger charge is -2.22. The van der Waals surface area contributed by atoms with Crippen molar-refractivity contribution in [2.24, 2.45) is 5.73 Å². The van der Waals surface area contributed by atoms with Gasteiger partial charge in [-0.25, -0.2) is 4.79 Å². The molecule has 0 radical (unpaired) electrons. The monoisotopic (exact) mass is 269 g/mol. The Morgan fingerprint density at radius 1 is 1.47 bits per heavy atom. The first-order valence-electron chi connectivity index (χ1n) is 6.57. The maximum absolute atomic E-state index is 11.8. The third-order valence-corrected chi connectivity index (χ3v) is 2.77. The van der Waals surface area contributed by atoms with Gasteiger partial charge in [-0.15, -0.1) is 0 Å². The van der Waals surface area contributed by atoms with Crippen molar-refractivity contribution in [3.8, 4) is 5.75 Å². The minimum absolute atomic E-state index is 0.312. The molecule has 1 aromatic rings. The van der Waals surface area contributed by atoms with Crippen molar-refractivity contribution < 1.29 is 14.3 Å². The van der Waals surface area contributed by atoms with Gasteiger partial charge in [-0.05, 0) is 40.2 Å². The van der Waals surface area contributed by atoms with Crippen LogP contribution in [0.15, 0.2) is 12.4 Å². The van der Waals surface area contributed by atoms with Crippen molar-refractivity contribution in [3.05, 3.63) is 12.4 Å². The molecule has 0 aliphatic rings. The first-order chi connectivity index (χ1) is 9.02. The molecule has 0 atom stereocenters. The molecule has 0 fully saturated rings. The van der Waals surface area contributed by atoms with Crippen molar-refractivity contribution in [3.63, 3.8) is 0 Å². The molecule has 1 heterocycles. The van der Waals surface area contributed by atoms with Gasteiger partial charge >= 0.3 is 5.97 Å². The van der Waals surface area contributed by atoms with E-state index in [0.29, 0.717) is 25.5 Å². The summed E-state index contributed by atoms with van der Waals surface area (Å²) < 4.78 is 12.1. The molecular weight excluding hydrogens is 246 g/mol. The minimum Gasteiger partial charge on any atom is -0.490 e. The van der Waals surface area contributed by atoms with E-state index in [1.54, 1.807) is 37.8 Å². The zero-order valence-corrected chi connectivity index (χ0v) is 11.9. The van der Waals surface area contributed by atoms with E-state index in [4.69, 9.17) is 15.2 Å². The first-order valence-corrected chi connectivity index (χ1v) is 6.57. The van der Waals surface area contributed by atoms with Gasteiger partial charge in [0.25, 0.3) is 0 Å². The van der Waals surface area contributed by atoms with E-state index in [9.17, 15) is 4.79 Å². The lowest BCUT2D eigenvalue weighted by atomic mass is 10.1. The quantitative estimate of drug-likeness (QED) is 0.568. The van der Waals surface area contributed by atoms with Gasteiger partial charge < -0.3 is 15.2 Å². The Kier molecular flexibility index (Phi) is 5.82. The van der Waals surface area contributed by atoms with Crippen LogP contribution in [0, 0.1) is 0 Å². The SMILES string of the molecule is CCOC(=O)C(C)(C)n1cc(OCCCCN)cn1. The number of nitrogens with two attached hydrogens (primary N) is 1. The smallest absolute Gasteiger partial charge is 0.333 e. The number of hydrogen-bond acceptors (Lipinski definition) is 5. The van der Waals surface area contributed by atoms with Crippen molar-refractivity contribution in [2.45, 2.75) is 39.2 Å². The van der Waals surface area contributed by atoms with E-state index >= 15 is 0 Å². The van der Waals surface area contributed by atoms with Crippen LogP contribution in [0.3, 0.4) is 0 Å². The molecule has 0 saturated carbocycles. The zero-order valence-electron chi connectivity index (χ0n) is 11.9. The average Bonchev–Trinajstić information content (AvgIpc) is 2.84. The van der Waals surface area contributed by atoms with Crippen LogP contribution in [-0.2, 0) is 15.1 Å². The molecule has 6 heteroatoms. The summed E-state index contributed by atoms with van der Waals surface area (Å²) in [6.07, 6.45) is 5.15. The molecule has 2 N–H and O–H groups in total. The predicted octanol–water partition coefficient (Wildman–Crippen LogP) is 1.30. The number of aromatic nitrogens is 2. The van der Waals surface area contributed by atoms with E-state index in [1.807, 2.05) is 0 Å². The Morgan fingerprint density at radius 2 is 2.21 bits per heavy atom. The van der Waals surface area contributed by atoms with Gasteiger partial charge in [0.2, 0.25) is 0 Å². The molecule has 108 valence electrons. The molecule has 0 amide bonds. The lowest BCUT2D eigenvalue weighted by molar-refractivity contribution is -0.152. The van der Waals surface area contributed by atoms with Gasteiger partial charge in [0.15, 0.2) is 11.3 Å². The normalized spacial score (nSPS) is 11.4. The summed E-state index contributed by atoms with van der Waals surface area (Å²) in [5, 5.41) is 4.16. The molecule has 1 rings (SSSR count). The number of carbonyl (C=O) groups is 1. The van der Waals surface area contributed by atoms with E-state index < -0.39 is 5.54 Å². The fourth-order valence-corrected chi connectivity index (χ4v) is 1.52. The van der Waals surface area contributed by atoms with E-state index in [-0.39, 0.29) is 5.97 Å². The lowest BCUT2D eigenvalue weighted by Crippen LogP contribution is -2.37. The van der Waals surface area contributed by atoms with Crippen LogP contribution < -0.4 is 10.5 Å². The van der Waals surface area contributed by atoms with Gasteiger partial charge in [0, 0.05) is 0 Å². The van der Waals surface area contributed by atoms with Crippen LogP contribution in [0.1, 0.15) is 33.6 Å². The average molecular weight is 269 g/mol. The second-order valence-electron chi connectivity index (χ2n) is 4.74. The Balaban J connectivity index is 2.60. The summed E-state index contributed by atoms with van der Waals surface area (Å²) in [6.45, 7) is 6.92. The fourth-order valence-electron chi connectivity index (χ4n) is 1.52. The second kappa shape index (κ2) is 7.13. The standard InChI is InChI=1S/C13H23N3O3/c1-4-18-12(17)13(2,3)16-10-11(9-15-16)19-8-6-5-7-14/h9-10H,4-8,14H2,1-3H3. The highest BCUT2D eigenvalue weighted by molar-refractivity contribution is 5.77. The van der Waals surface area contributed by atoms with Crippen LogP contribution in [0.2, 0.25) is 0 Å². The highest BCUT2D eigenvalue weighted by Gasteiger charge is 2.32. The highest BCUT2D eigenvalue weighted by Crippen LogP contribution is 2.20. The maximum Gasteiger partial charge on any atom is 0.333 e. The van der Waals surface area contributed by atoms with Crippen LogP contribution in [0.4, 0.5) is 0 Å². The van der Waals surface area contributed by atoms with Crippen molar-refractivity contribution in [1.29, 1.82) is 0 Å². The molecule has 0 aliphatic carbocycles. The van der Waals surface area contributed by atoms with Crippen molar-refractivity contribution in [2.75, 3.05) is 19.8 Å². The van der Waals surface area contributed by atoms with E-state index in [2.05, 4.69) is 5.10 Å². The van der Waals surface area contributed by atoms with Crippen LogP contribution in [0.25, 0.3) is 0 Å². The number of hydrogen-bond donors (Lipinski definition) is 1. The van der Waals surface area contributed by atoms with E-state index in [0.717, 1.165) is 12.8 Å². The number of ether oxygens (including phenoxy) is 2. The minimum atomic E-state index is -0.838. The summed E-state index contributed by atoms with van der Waals surface area (Å²) in [6, 6.07) is 0. The summed E-state index contributed by atoms with van der Waals surface area (Å²) in [5.74, 6) is 0.335. The number of carbonyl (C=O) groups excluding carboxylic acids is 1. The van der Waals surface area contributed by atoms with Crippen LogP contribution in [0.5, 0.6) is 5.75 Å². The van der Waals surface area contributed by atoms with Crippen molar-refractivity contribution >= 4 is 5.97 Å². The first kappa shape index (κ1) is 15.5. The topological polar surface area (TPSA) is 79.4 Å². The summed E-state index contributed by atoms with van der Waals surface area (Å²) in [7, 11) is 0. The van der Waals surface area contributed by atoms with Gasteiger partial charge in [-0.2, -0.15) is 5.10 Å². The second-order valence-corrected chi connectivity index (χ2v) is 4.74. The molecular formula is C13H23N3O3. The van der Waals surface area contributed by atoms with Gasteiger partial charge in [-0.3, -0.25) is 4.68 Å². The predicted molar refractivity (Wildman–Crippen MR) is 72.0 cm³/mol.